The van der Waals surface area contributed by atoms with Crippen molar-refractivity contribution in [2.75, 3.05) is 11.9 Å². The number of carbonyl (C=O) groups excluding carboxylic acids is 5. The zero-order valence-corrected chi connectivity index (χ0v) is 20.9. The first-order valence-corrected chi connectivity index (χ1v) is 11.5. The maximum atomic E-state index is 12.8. The Labute approximate surface area is 209 Å². The number of hydrogen-bond donors (Lipinski definition) is 3. The Morgan fingerprint density at radius 3 is 2.31 bits per heavy atom. The van der Waals surface area contributed by atoms with Gasteiger partial charge in [0.25, 0.3) is 17.7 Å². The fourth-order valence-corrected chi connectivity index (χ4v) is 3.56. The SMILES string of the molecule is CC(C)N1C(=O)c2ccc(C(=O)Nc3cccc(CNC(=O)CNC(=O)OC(C)(C)C)c3)cc2C1=O. The van der Waals surface area contributed by atoms with Gasteiger partial charge >= 0.3 is 6.09 Å². The number of imide groups is 1. The minimum Gasteiger partial charge on any atom is -0.444 e. The van der Waals surface area contributed by atoms with Gasteiger partial charge in [-0.25, -0.2) is 4.79 Å². The number of rotatable bonds is 7. The van der Waals surface area contributed by atoms with Crippen molar-refractivity contribution in [1.29, 1.82) is 0 Å². The molecule has 3 rings (SSSR count). The molecule has 2 aromatic carbocycles. The number of hydrogen-bond acceptors (Lipinski definition) is 6. The highest BCUT2D eigenvalue weighted by molar-refractivity contribution is 6.22. The van der Waals surface area contributed by atoms with Crippen molar-refractivity contribution in [1.82, 2.24) is 15.5 Å². The van der Waals surface area contributed by atoms with E-state index in [1.54, 1.807) is 58.9 Å². The molecule has 10 nitrogen and oxygen atoms in total. The van der Waals surface area contributed by atoms with Crippen LogP contribution in [0.25, 0.3) is 0 Å². The Hall–Kier alpha value is -4.21. The van der Waals surface area contributed by atoms with E-state index in [0.717, 1.165) is 5.56 Å². The predicted molar refractivity (Wildman–Crippen MR) is 133 cm³/mol. The van der Waals surface area contributed by atoms with Crippen LogP contribution in [0.2, 0.25) is 0 Å². The summed E-state index contributed by atoms with van der Waals surface area (Å²) in [5.74, 6) is -1.63. The maximum absolute atomic E-state index is 12.8. The van der Waals surface area contributed by atoms with Crippen molar-refractivity contribution < 1.29 is 28.7 Å². The van der Waals surface area contributed by atoms with Crippen LogP contribution in [0.3, 0.4) is 0 Å². The third-order valence-corrected chi connectivity index (χ3v) is 5.16. The normalized spacial score (nSPS) is 12.9. The summed E-state index contributed by atoms with van der Waals surface area (Å²) in [6, 6.07) is 11.0. The van der Waals surface area contributed by atoms with Crippen LogP contribution in [-0.2, 0) is 16.1 Å². The number of amides is 5. The summed E-state index contributed by atoms with van der Waals surface area (Å²) in [5.41, 5.74) is 1.28. The number of anilines is 1. The van der Waals surface area contributed by atoms with Gasteiger partial charge < -0.3 is 20.7 Å². The Kier molecular flexibility index (Phi) is 7.77. The first-order chi connectivity index (χ1) is 16.9. The highest BCUT2D eigenvalue weighted by Crippen LogP contribution is 2.26. The number of nitrogens with zero attached hydrogens (tertiary/aromatic N) is 1. The van der Waals surface area contributed by atoms with Gasteiger partial charge in [-0.2, -0.15) is 0 Å². The molecule has 0 unspecified atom stereocenters. The Balaban J connectivity index is 1.58. The van der Waals surface area contributed by atoms with Gasteiger partial charge in [-0.1, -0.05) is 12.1 Å². The van der Waals surface area contributed by atoms with Gasteiger partial charge in [-0.05, 0) is 70.5 Å². The lowest BCUT2D eigenvalue weighted by molar-refractivity contribution is -0.120. The van der Waals surface area contributed by atoms with Crippen LogP contribution in [0, 0.1) is 0 Å². The molecule has 190 valence electrons. The number of alkyl carbamates (subject to hydrolysis) is 1. The highest BCUT2D eigenvalue weighted by atomic mass is 16.6. The quantitative estimate of drug-likeness (QED) is 0.507. The van der Waals surface area contributed by atoms with Gasteiger partial charge in [-0.15, -0.1) is 0 Å². The second-order valence-corrected chi connectivity index (χ2v) is 9.62. The van der Waals surface area contributed by atoms with Crippen LogP contribution in [0.4, 0.5) is 10.5 Å². The molecule has 36 heavy (non-hydrogen) atoms. The zero-order valence-electron chi connectivity index (χ0n) is 20.9. The Morgan fingerprint density at radius 2 is 1.64 bits per heavy atom. The molecule has 3 N–H and O–H groups in total. The van der Waals surface area contributed by atoms with E-state index >= 15 is 0 Å². The molecular formula is C26H30N4O6. The van der Waals surface area contributed by atoms with E-state index in [9.17, 15) is 24.0 Å². The summed E-state index contributed by atoms with van der Waals surface area (Å²) < 4.78 is 5.08. The number of carbonyl (C=O) groups is 5. The van der Waals surface area contributed by atoms with Crippen LogP contribution < -0.4 is 16.0 Å². The van der Waals surface area contributed by atoms with Crippen molar-refractivity contribution in [2.45, 2.75) is 52.8 Å². The first-order valence-electron chi connectivity index (χ1n) is 11.5. The van der Waals surface area contributed by atoms with Crippen molar-refractivity contribution in [3.63, 3.8) is 0 Å². The van der Waals surface area contributed by atoms with Crippen LogP contribution in [0.5, 0.6) is 0 Å². The summed E-state index contributed by atoms with van der Waals surface area (Å²) >= 11 is 0. The van der Waals surface area contributed by atoms with E-state index in [1.807, 2.05) is 0 Å². The number of ether oxygens (including phenoxy) is 1. The van der Waals surface area contributed by atoms with Crippen molar-refractivity contribution >= 4 is 35.4 Å². The van der Waals surface area contributed by atoms with E-state index in [1.165, 1.54) is 23.1 Å². The molecule has 0 saturated carbocycles. The Bertz CT molecular complexity index is 1220. The molecule has 0 saturated heterocycles. The van der Waals surface area contributed by atoms with Crippen molar-refractivity contribution in [3.8, 4) is 0 Å². The second-order valence-electron chi connectivity index (χ2n) is 9.62. The van der Waals surface area contributed by atoms with Gasteiger partial charge in [0.05, 0.1) is 11.1 Å². The molecular weight excluding hydrogens is 464 g/mol. The van der Waals surface area contributed by atoms with Crippen molar-refractivity contribution in [2.24, 2.45) is 0 Å². The zero-order chi connectivity index (χ0) is 26.6. The third kappa shape index (κ3) is 6.47. The molecule has 1 aliphatic heterocycles. The number of fused-ring (bicyclic) bond motifs is 1. The molecule has 0 bridgehead atoms. The summed E-state index contributed by atoms with van der Waals surface area (Å²) in [5, 5.41) is 7.83. The van der Waals surface area contributed by atoms with Gasteiger partial charge in [0.15, 0.2) is 0 Å². The molecule has 1 aliphatic rings. The van der Waals surface area contributed by atoms with E-state index < -0.39 is 29.4 Å². The van der Waals surface area contributed by atoms with E-state index in [2.05, 4.69) is 16.0 Å². The van der Waals surface area contributed by atoms with Crippen molar-refractivity contribution in [3.05, 3.63) is 64.7 Å². The van der Waals surface area contributed by atoms with Gasteiger partial charge in [0.1, 0.15) is 12.1 Å². The van der Waals surface area contributed by atoms with Crippen LogP contribution in [-0.4, -0.2) is 52.8 Å². The minimum absolute atomic E-state index is 0.180. The number of benzene rings is 2. The standard InChI is InChI=1S/C26H30N4O6/c1-15(2)30-23(33)19-10-9-17(12-20(19)24(30)34)22(32)29-18-8-6-7-16(11-18)13-27-21(31)14-28-25(35)36-26(3,4)5/h6-12,15H,13-14H2,1-5H3,(H,27,31)(H,28,35)(H,29,32). The average molecular weight is 495 g/mol. The molecule has 5 amide bonds. The fourth-order valence-electron chi connectivity index (χ4n) is 3.56. The molecule has 0 aromatic heterocycles. The maximum Gasteiger partial charge on any atom is 0.408 e. The topological polar surface area (TPSA) is 134 Å². The lowest BCUT2D eigenvalue weighted by atomic mass is 10.1. The van der Waals surface area contributed by atoms with Crippen LogP contribution in [0.1, 0.15) is 71.3 Å². The summed E-state index contributed by atoms with van der Waals surface area (Å²) in [6.45, 7) is 8.62. The van der Waals surface area contributed by atoms with E-state index in [0.29, 0.717) is 5.69 Å². The Morgan fingerprint density at radius 1 is 0.944 bits per heavy atom. The smallest absolute Gasteiger partial charge is 0.408 e. The van der Waals surface area contributed by atoms with Gasteiger partial charge in [0, 0.05) is 23.8 Å². The number of nitrogens with one attached hydrogen (secondary N) is 3. The second kappa shape index (κ2) is 10.6. The molecule has 2 aromatic rings. The molecule has 10 heteroatoms. The minimum atomic E-state index is -0.683. The lowest BCUT2D eigenvalue weighted by Gasteiger charge is -2.19. The first kappa shape index (κ1) is 26.4. The predicted octanol–water partition coefficient (Wildman–Crippen LogP) is 3.08. The summed E-state index contributed by atoms with van der Waals surface area (Å²) in [4.78, 5) is 62.7. The molecule has 1 heterocycles. The largest absolute Gasteiger partial charge is 0.444 e. The molecule has 0 atom stereocenters. The molecule has 0 fully saturated rings. The summed E-state index contributed by atoms with van der Waals surface area (Å²) in [7, 11) is 0. The fraction of sp³-hybridized carbons (Fsp3) is 0.346. The molecule has 0 radical (unpaired) electrons. The summed E-state index contributed by atoms with van der Waals surface area (Å²) in [6.07, 6.45) is -0.683. The van der Waals surface area contributed by atoms with E-state index in [-0.39, 0.29) is 41.7 Å². The monoisotopic (exact) mass is 494 g/mol. The molecule has 0 spiro atoms. The molecule has 0 aliphatic carbocycles. The third-order valence-electron chi connectivity index (χ3n) is 5.16. The van der Waals surface area contributed by atoms with Crippen LogP contribution >= 0.6 is 0 Å². The average Bonchev–Trinajstić information content (AvgIpc) is 3.05. The highest BCUT2D eigenvalue weighted by Gasteiger charge is 2.37. The van der Waals surface area contributed by atoms with Gasteiger partial charge in [-0.3, -0.25) is 24.1 Å². The lowest BCUT2D eigenvalue weighted by Crippen LogP contribution is -2.39. The van der Waals surface area contributed by atoms with Crippen LogP contribution in [0.15, 0.2) is 42.5 Å². The van der Waals surface area contributed by atoms with Gasteiger partial charge in [0.2, 0.25) is 5.91 Å². The van der Waals surface area contributed by atoms with E-state index in [4.69, 9.17) is 4.74 Å².